The number of allylic oxidation sites excluding steroid dienone is 3. The number of hydrogen-bond donors (Lipinski definition) is 0. The van der Waals surface area contributed by atoms with Crippen molar-refractivity contribution in [3.63, 3.8) is 0 Å². The molecule has 82 valence electrons. The topological polar surface area (TPSA) is 43.4 Å². The Balaban J connectivity index is 2.75. The Morgan fingerprint density at radius 2 is 2.27 bits per heavy atom. The van der Waals surface area contributed by atoms with Gasteiger partial charge in [-0.3, -0.25) is 4.79 Å². The summed E-state index contributed by atoms with van der Waals surface area (Å²) in [7, 11) is 0. The molecule has 1 rings (SSSR count). The molecule has 0 aromatic heterocycles. The van der Waals surface area contributed by atoms with E-state index in [0.717, 1.165) is 24.8 Å². The molecular formula is C12H16O3. The van der Waals surface area contributed by atoms with Crippen molar-refractivity contribution in [2.45, 2.75) is 33.1 Å². The normalized spacial score (nSPS) is 16.1. The molecule has 0 unspecified atom stereocenters. The highest BCUT2D eigenvalue weighted by molar-refractivity contribution is 6.23. The van der Waals surface area contributed by atoms with Crippen LogP contribution in [0, 0.1) is 0 Å². The van der Waals surface area contributed by atoms with Crippen LogP contribution >= 0.6 is 0 Å². The third-order valence-electron chi connectivity index (χ3n) is 2.36. The predicted molar refractivity (Wildman–Crippen MR) is 57.3 cm³/mol. The molecule has 0 radical (unpaired) electrons. The largest absolute Gasteiger partial charge is 0.462 e. The van der Waals surface area contributed by atoms with Crippen molar-refractivity contribution >= 4 is 11.8 Å². The third kappa shape index (κ3) is 2.78. The van der Waals surface area contributed by atoms with E-state index in [1.54, 1.807) is 13.8 Å². The molecule has 0 amide bonds. The summed E-state index contributed by atoms with van der Waals surface area (Å²) in [6.07, 6.45) is 6.14. The maximum Gasteiger partial charge on any atom is 0.341 e. The lowest BCUT2D eigenvalue weighted by Crippen LogP contribution is -2.16. The average molecular weight is 208 g/mol. The molecule has 3 nitrogen and oxygen atoms in total. The van der Waals surface area contributed by atoms with Crippen LogP contribution in [0.1, 0.15) is 33.1 Å². The van der Waals surface area contributed by atoms with Gasteiger partial charge in [0, 0.05) is 0 Å². The number of carbonyl (C=O) groups excluding carboxylic acids is 2. The van der Waals surface area contributed by atoms with Crippen LogP contribution in [0.5, 0.6) is 0 Å². The van der Waals surface area contributed by atoms with Gasteiger partial charge in [-0.1, -0.05) is 12.2 Å². The minimum atomic E-state index is -0.516. The van der Waals surface area contributed by atoms with Gasteiger partial charge in [-0.15, -0.1) is 0 Å². The lowest BCUT2D eigenvalue weighted by Gasteiger charge is -2.05. The number of carbonyl (C=O) groups is 2. The second-order valence-corrected chi connectivity index (χ2v) is 3.37. The van der Waals surface area contributed by atoms with E-state index in [1.807, 2.05) is 6.08 Å². The molecule has 1 aliphatic rings. The maximum atomic E-state index is 11.9. The van der Waals surface area contributed by atoms with Gasteiger partial charge in [0.2, 0.25) is 0 Å². The minimum absolute atomic E-state index is 0.157. The van der Waals surface area contributed by atoms with Crippen LogP contribution in [-0.4, -0.2) is 18.4 Å². The molecule has 0 aromatic rings. The zero-order valence-electron chi connectivity index (χ0n) is 9.21. The van der Waals surface area contributed by atoms with E-state index in [2.05, 4.69) is 0 Å². The number of Topliss-reactive ketones (excluding diaryl/α,β-unsaturated/α-hetero) is 1. The van der Waals surface area contributed by atoms with Gasteiger partial charge in [-0.05, 0) is 38.7 Å². The van der Waals surface area contributed by atoms with Gasteiger partial charge >= 0.3 is 5.97 Å². The summed E-state index contributed by atoms with van der Waals surface area (Å²) in [6.45, 7) is 3.70. The van der Waals surface area contributed by atoms with Gasteiger partial charge in [0.15, 0.2) is 5.78 Å². The molecule has 0 spiro atoms. The number of rotatable bonds is 4. The number of hydrogen-bond acceptors (Lipinski definition) is 3. The fourth-order valence-electron chi connectivity index (χ4n) is 1.60. The average Bonchev–Trinajstić information content (AvgIpc) is 2.71. The van der Waals surface area contributed by atoms with Crippen molar-refractivity contribution in [2.24, 2.45) is 0 Å². The van der Waals surface area contributed by atoms with Gasteiger partial charge in [-0.25, -0.2) is 4.79 Å². The van der Waals surface area contributed by atoms with Gasteiger partial charge in [-0.2, -0.15) is 0 Å². The van der Waals surface area contributed by atoms with E-state index in [4.69, 9.17) is 4.74 Å². The van der Waals surface area contributed by atoms with Crippen molar-refractivity contribution in [3.8, 4) is 0 Å². The summed E-state index contributed by atoms with van der Waals surface area (Å²) in [5.41, 5.74) is 0.904. The first-order valence-corrected chi connectivity index (χ1v) is 5.27. The van der Waals surface area contributed by atoms with Crippen LogP contribution in [-0.2, 0) is 14.3 Å². The van der Waals surface area contributed by atoms with Crippen LogP contribution < -0.4 is 0 Å². The smallest absolute Gasteiger partial charge is 0.341 e. The van der Waals surface area contributed by atoms with Crippen LogP contribution in [0.2, 0.25) is 0 Å². The Bertz CT molecular complexity index is 324. The highest BCUT2D eigenvalue weighted by Crippen LogP contribution is 2.21. The van der Waals surface area contributed by atoms with Crippen molar-refractivity contribution in [1.29, 1.82) is 0 Å². The molecule has 0 saturated heterocycles. The Labute approximate surface area is 89.8 Å². The first-order valence-electron chi connectivity index (χ1n) is 5.27. The van der Waals surface area contributed by atoms with Crippen molar-refractivity contribution in [3.05, 3.63) is 23.3 Å². The van der Waals surface area contributed by atoms with Crippen LogP contribution in [0.3, 0.4) is 0 Å². The molecule has 0 fully saturated rings. The highest BCUT2D eigenvalue weighted by Gasteiger charge is 2.23. The van der Waals surface area contributed by atoms with E-state index in [1.165, 1.54) is 6.08 Å². The number of ether oxygens (including phenoxy) is 1. The van der Waals surface area contributed by atoms with Crippen LogP contribution in [0.25, 0.3) is 0 Å². The minimum Gasteiger partial charge on any atom is -0.462 e. The lowest BCUT2D eigenvalue weighted by molar-refractivity contribution is -0.139. The standard InChI is InChI=1S/C12H16O3/c1-3-10(12(14)15-4-2)11(13)9-7-5-6-8-9/h3,7H,4-6,8H2,1-2H3/b10-3+. The molecule has 15 heavy (non-hydrogen) atoms. The summed E-state index contributed by atoms with van der Waals surface area (Å²) in [4.78, 5) is 23.3. The molecule has 0 N–H and O–H groups in total. The SMILES string of the molecule is C/C=C(/C(=O)OCC)C(=O)C1=CCCC1. The van der Waals surface area contributed by atoms with E-state index in [0.29, 0.717) is 6.61 Å². The monoisotopic (exact) mass is 208 g/mol. The van der Waals surface area contributed by atoms with Crippen molar-refractivity contribution in [1.82, 2.24) is 0 Å². The molecule has 0 heterocycles. The first-order chi connectivity index (χ1) is 7.20. The number of esters is 1. The second kappa shape index (κ2) is 5.49. The van der Waals surface area contributed by atoms with Gasteiger partial charge in [0.25, 0.3) is 0 Å². The second-order valence-electron chi connectivity index (χ2n) is 3.37. The third-order valence-corrected chi connectivity index (χ3v) is 2.36. The Morgan fingerprint density at radius 3 is 2.73 bits per heavy atom. The molecule has 0 aromatic carbocycles. The van der Waals surface area contributed by atoms with E-state index in [-0.39, 0.29) is 11.4 Å². The fourth-order valence-corrected chi connectivity index (χ4v) is 1.60. The number of ketones is 1. The Hall–Kier alpha value is -1.38. The zero-order chi connectivity index (χ0) is 11.3. The zero-order valence-corrected chi connectivity index (χ0v) is 9.21. The van der Waals surface area contributed by atoms with E-state index in [9.17, 15) is 9.59 Å². The summed E-state index contributed by atoms with van der Waals surface area (Å²) >= 11 is 0. The van der Waals surface area contributed by atoms with Gasteiger partial charge < -0.3 is 4.74 Å². The van der Waals surface area contributed by atoms with Crippen molar-refractivity contribution in [2.75, 3.05) is 6.61 Å². The molecule has 0 bridgehead atoms. The Morgan fingerprint density at radius 1 is 1.53 bits per heavy atom. The molecule has 0 atom stereocenters. The molecule has 1 aliphatic carbocycles. The summed E-state index contributed by atoms with van der Waals surface area (Å²) in [5, 5.41) is 0. The lowest BCUT2D eigenvalue weighted by atomic mass is 10.0. The Kier molecular flexibility index (Phi) is 4.28. The van der Waals surface area contributed by atoms with Crippen LogP contribution in [0.15, 0.2) is 23.3 Å². The molecular weight excluding hydrogens is 192 g/mol. The van der Waals surface area contributed by atoms with Crippen molar-refractivity contribution < 1.29 is 14.3 Å². The highest BCUT2D eigenvalue weighted by atomic mass is 16.5. The fraction of sp³-hybridized carbons (Fsp3) is 0.500. The molecule has 0 saturated carbocycles. The quantitative estimate of drug-likeness (QED) is 0.308. The van der Waals surface area contributed by atoms with E-state index >= 15 is 0 Å². The van der Waals surface area contributed by atoms with Gasteiger partial charge in [0.1, 0.15) is 5.57 Å². The molecule has 0 aliphatic heterocycles. The van der Waals surface area contributed by atoms with E-state index < -0.39 is 5.97 Å². The summed E-state index contributed by atoms with van der Waals surface area (Å²) < 4.78 is 4.82. The predicted octanol–water partition coefficient (Wildman–Crippen LogP) is 2.18. The summed E-state index contributed by atoms with van der Waals surface area (Å²) in [5.74, 6) is -0.689. The van der Waals surface area contributed by atoms with Crippen LogP contribution in [0.4, 0.5) is 0 Å². The maximum absolute atomic E-state index is 11.9. The first kappa shape index (κ1) is 11.7. The molecule has 3 heteroatoms. The summed E-state index contributed by atoms with van der Waals surface area (Å²) in [6, 6.07) is 0. The van der Waals surface area contributed by atoms with Gasteiger partial charge in [0.05, 0.1) is 6.61 Å².